The number of rotatable bonds is 8. The van der Waals surface area contributed by atoms with E-state index >= 15 is 0 Å². The summed E-state index contributed by atoms with van der Waals surface area (Å²) in [7, 11) is 0. The Kier molecular flexibility index (Phi) is 6.34. The standard InChI is InChI=1S/C22H23FN2O5/c1-5-28-21-17(13(3)26)8-15(9-18(21)23)22-25-19-7-6-16(10-20(19)30-22)29-11-12(2)24-14(4)27/h6-10,12H,5,11H2,1-4H3,(H,24,27)/t12-/m0/s1. The summed E-state index contributed by atoms with van der Waals surface area (Å²) in [5.74, 6) is -0.456. The molecule has 0 saturated carbocycles. The van der Waals surface area contributed by atoms with Crippen LogP contribution in [0.25, 0.3) is 22.6 Å². The average molecular weight is 414 g/mol. The van der Waals surface area contributed by atoms with Gasteiger partial charge in [0.05, 0.1) is 18.2 Å². The zero-order valence-electron chi connectivity index (χ0n) is 17.2. The molecule has 2 aromatic carbocycles. The number of hydrogen-bond donors (Lipinski definition) is 1. The summed E-state index contributed by atoms with van der Waals surface area (Å²) in [6.07, 6.45) is 0. The van der Waals surface area contributed by atoms with E-state index in [1.807, 2.05) is 6.92 Å². The zero-order valence-corrected chi connectivity index (χ0v) is 17.2. The number of carbonyl (C=O) groups is 2. The molecule has 0 radical (unpaired) electrons. The van der Waals surface area contributed by atoms with Crippen LogP contribution in [0.15, 0.2) is 34.7 Å². The van der Waals surface area contributed by atoms with Gasteiger partial charge in [-0.3, -0.25) is 9.59 Å². The molecule has 0 aliphatic carbocycles. The molecule has 8 heteroatoms. The van der Waals surface area contributed by atoms with Crippen LogP contribution in [0.1, 0.15) is 38.1 Å². The first-order valence-electron chi connectivity index (χ1n) is 9.56. The molecule has 0 saturated heterocycles. The maximum absolute atomic E-state index is 14.5. The lowest BCUT2D eigenvalue weighted by atomic mass is 10.1. The molecule has 0 aliphatic heterocycles. The molecule has 0 unspecified atom stereocenters. The van der Waals surface area contributed by atoms with Gasteiger partial charge < -0.3 is 19.2 Å². The van der Waals surface area contributed by atoms with Crippen LogP contribution in [0.2, 0.25) is 0 Å². The van der Waals surface area contributed by atoms with Gasteiger partial charge in [0, 0.05) is 18.6 Å². The van der Waals surface area contributed by atoms with E-state index in [4.69, 9.17) is 13.9 Å². The van der Waals surface area contributed by atoms with E-state index in [9.17, 15) is 14.0 Å². The minimum absolute atomic E-state index is 0.0752. The molecule has 1 heterocycles. The SMILES string of the molecule is CCOc1c(F)cc(-c2nc3ccc(OC[C@H](C)NC(C)=O)cc3o2)cc1C(C)=O. The van der Waals surface area contributed by atoms with Crippen molar-refractivity contribution in [1.29, 1.82) is 0 Å². The predicted molar refractivity (Wildman–Crippen MR) is 109 cm³/mol. The van der Waals surface area contributed by atoms with Crippen LogP contribution in [0.5, 0.6) is 11.5 Å². The van der Waals surface area contributed by atoms with Gasteiger partial charge in [-0.1, -0.05) is 0 Å². The van der Waals surface area contributed by atoms with E-state index in [0.29, 0.717) is 22.4 Å². The number of Topliss-reactive ketones (excluding diaryl/α,β-unsaturated/α-hetero) is 1. The molecular formula is C22H23FN2O5. The van der Waals surface area contributed by atoms with Gasteiger partial charge in [-0.05, 0) is 45.0 Å². The number of nitrogens with one attached hydrogen (secondary N) is 1. The highest BCUT2D eigenvalue weighted by molar-refractivity contribution is 5.98. The smallest absolute Gasteiger partial charge is 0.227 e. The van der Waals surface area contributed by atoms with Crippen LogP contribution in [0.4, 0.5) is 4.39 Å². The van der Waals surface area contributed by atoms with E-state index in [0.717, 1.165) is 0 Å². The highest BCUT2D eigenvalue weighted by Gasteiger charge is 2.19. The Hall–Kier alpha value is -3.42. The molecule has 1 atom stereocenters. The van der Waals surface area contributed by atoms with Crippen molar-refractivity contribution >= 4 is 22.8 Å². The van der Waals surface area contributed by atoms with Crippen LogP contribution in [-0.4, -0.2) is 35.9 Å². The van der Waals surface area contributed by atoms with Crippen molar-refractivity contribution < 1.29 is 27.9 Å². The van der Waals surface area contributed by atoms with Crippen LogP contribution < -0.4 is 14.8 Å². The molecule has 158 valence electrons. The summed E-state index contributed by atoms with van der Waals surface area (Å²) >= 11 is 0. The van der Waals surface area contributed by atoms with Crippen molar-refractivity contribution in [2.45, 2.75) is 33.7 Å². The molecule has 0 bridgehead atoms. The van der Waals surface area contributed by atoms with Crippen molar-refractivity contribution in [3.05, 3.63) is 41.7 Å². The van der Waals surface area contributed by atoms with Gasteiger partial charge >= 0.3 is 0 Å². The Morgan fingerprint density at radius 2 is 1.97 bits per heavy atom. The number of fused-ring (bicyclic) bond motifs is 1. The van der Waals surface area contributed by atoms with Crippen LogP contribution in [0.3, 0.4) is 0 Å². The number of oxazole rings is 1. The molecule has 1 amide bonds. The molecule has 3 aromatic rings. The number of ketones is 1. The summed E-state index contributed by atoms with van der Waals surface area (Å²) < 4.78 is 31.3. The van der Waals surface area contributed by atoms with Gasteiger partial charge in [0.2, 0.25) is 11.8 Å². The minimum Gasteiger partial charge on any atom is -0.491 e. The van der Waals surface area contributed by atoms with E-state index in [1.54, 1.807) is 25.1 Å². The Balaban J connectivity index is 1.89. The van der Waals surface area contributed by atoms with Gasteiger partial charge in [-0.25, -0.2) is 9.37 Å². The molecule has 0 aliphatic rings. The van der Waals surface area contributed by atoms with E-state index in [-0.39, 0.29) is 48.1 Å². The van der Waals surface area contributed by atoms with Gasteiger partial charge in [0.15, 0.2) is 22.9 Å². The van der Waals surface area contributed by atoms with Crippen molar-refractivity contribution in [2.24, 2.45) is 0 Å². The molecule has 1 aromatic heterocycles. The third kappa shape index (κ3) is 4.76. The molecule has 7 nitrogen and oxygen atoms in total. The van der Waals surface area contributed by atoms with Crippen molar-refractivity contribution in [1.82, 2.24) is 10.3 Å². The second-order valence-corrected chi connectivity index (χ2v) is 6.89. The average Bonchev–Trinajstić information content (AvgIpc) is 3.10. The van der Waals surface area contributed by atoms with E-state index in [2.05, 4.69) is 10.3 Å². The molecule has 30 heavy (non-hydrogen) atoms. The fourth-order valence-corrected chi connectivity index (χ4v) is 3.00. The maximum atomic E-state index is 14.5. The quantitative estimate of drug-likeness (QED) is 0.557. The fourth-order valence-electron chi connectivity index (χ4n) is 3.00. The molecule has 3 rings (SSSR count). The first-order chi connectivity index (χ1) is 14.3. The first-order valence-corrected chi connectivity index (χ1v) is 9.56. The topological polar surface area (TPSA) is 90.7 Å². The van der Waals surface area contributed by atoms with Crippen molar-refractivity contribution in [3.63, 3.8) is 0 Å². The molecule has 0 spiro atoms. The third-order valence-corrected chi connectivity index (χ3v) is 4.27. The number of benzene rings is 2. The number of hydrogen-bond acceptors (Lipinski definition) is 6. The maximum Gasteiger partial charge on any atom is 0.227 e. The lowest BCUT2D eigenvalue weighted by Gasteiger charge is -2.13. The zero-order chi connectivity index (χ0) is 21.8. The normalized spacial score (nSPS) is 11.9. The summed E-state index contributed by atoms with van der Waals surface area (Å²) in [4.78, 5) is 27.4. The molecule has 1 N–H and O–H groups in total. The number of ether oxygens (including phenoxy) is 2. The van der Waals surface area contributed by atoms with E-state index in [1.165, 1.54) is 26.0 Å². The van der Waals surface area contributed by atoms with Crippen LogP contribution >= 0.6 is 0 Å². The summed E-state index contributed by atoms with van der Waals surface area (Å²) in [6.45, 7) is 6.87. The lowest BCUT2D eigenvalue weighted by Crippen LogP contribution is -2.35. The Morgan fingerprint density at radius 3 is 2.63 bits per heavy atom. The number of nitrogens with zero attached hydrogens (tertiary/aromatic N) is 1. The van der Waals surface area contributed by atoms with Gasteiger partial charge in [-0.15, -0.1) is 0 Å². The lowest BCUT2D eigenvalue weighted by molar-refractivity contribution is -0.119. The van der Waals surface area contributed by atoms with Crippen LogP contribution in [-0.2, 0) is 4.79 Å². The number of halogens is 1. The summed E-state index contributed by atoms with van der Waals surface area (Å²) in [5.41, 5.74) is 1.48. The summed E-state index contributed by atoms with van der Waals surface area (Å²) in [6, 6.07) is 7.71. The second-order valence-electron chi connectivity index (χ2n) is 6.89. The monoisotopic (exact) mass is 414 g/mol. The van der Waals surface area contributed by atoms with Gasteiger partial charge in [0.1, 0.15) is 17.9 Å². The molecular weight excluding hydrogens is 391 g/mol. The summed E-state index contributed by atoms with van der Waals surface area (Å²) in [5, 5.41) is 2.74. The largest absolute Gasteiger partial charge is 0.491 e. The third-order valence-electron chi connectivity index (χ3n) is 4.27. The predicted octanol–water partition coefficient (Wildman–Crippen LogP) is 4.14. The highest BCUT2D eigenvalue weighted by atomic mass is 19.1. The number of aromatic nitrogens is 1. The Morgan fingerprint density at radius 1 is 1.20 bits per heavy atom. The first kappa shape index (κ1) is 21.3. The highest BCUT2D eigenvalue weighted by Crippen LogP contribution is 2.32. The number of amides is 1. The Bertz CT molecular complexity index is 1090. The number of carbonyl (C=O) groups excluding carboxylic acids is 2. The van der Waals surface area contributed by atoms with Crippen LogP contribution in [0, 0.1) is 5.82 Å². The minimum atomic E-state index is -0.655. The van der Waals surface area contributed by atoms with E-state index < -0.39 is 5.82 Å². The molecule has 0 fully saturated rings. The van der Waals surface area contributed by atoms with Gasteiger partial charge in [-0.2, -0.15) is 0 Å². The Labute approximate surface area is 173 Å². The fraction of sp³-hybridized carbons (Fsp3) is 0.318. The second kappa shape index (κ2) is 8.94. The van der Waals surface area contributed by atoms with Gasteiger partial charge in [0.25, 0.3) is 0 Å². The van der Waals surface area contributed by atoms with Crippen molar-refractivity contribution in [2.75, 3.05) is 13.2 Å². The van der Waals surface area contributed by atoms with Crippen molar-refractivity contribution in [3.8, 4) is 23.0 Å².